The smallest absolute Gasteiger partial charge is 0.163 e. The number of H-pyrrole nitrogens is 1. The van der Waals surface area contributed by atoms with Gasteiger partial charge in [-0.05, 0) is 6.92 Å². The molecule has 1 fully saturated rings. The van der Waals surface area contributed by atoms with Crippen LogP contribution in [0.2, 0.25) is 0 Å². The highest BCUT2D eigenvalue weighted by atomic mass is 16.5. The number of nitrogens with one attached hydrogen (secondary N) is 3. The zero-order valence-electron chi connectivity index (χ0n) is 16.0. The first kappa shape index (κ1) is 18.4. The van der Waals surface area contributed by atoms with Crippen LogP contribution in [0.4, 0.5) is 17.5 Å². The molecular weight excluding hydrogens is 354 g/mol. The Morgan fingerprint density at radius 2 is 1.82 bits per heavy atom. The van der Waals surface area contributed by atoms with Crippen LogP contribution in [0, 0.1) is 6.92 Å². The fourth-order valence-electron chi connectivity index (χ4n) is 3.10. The number of hydrogen-bond acceptors (Lipinski definition) is 7. The van der Waals surface area contributed by atoms with Gasteiger partial charge in [0.25, 0.3) is 0 Å². The first-order valence-corrected chi connectivity index (χ1v) is 9.54. The summed E-state index contributed by atoms with van der Waals surface area (Å²) in [6.45, 7) is 7.30. The number of nitrogens with zero attached hydrogens (tertiary/aromatic N) is 4. The summed E-state index contributed by atoms with van der Waals surface area (Å²) in [4.78, 5) is 11.8. The standard InChI is InChI=1S/C20H25N7O/c1-15-13-19(26-25-15)22-18-14-17(21-7-8-27-9-11-28-12-10-27)23-20(24-18)16-5-3-2-4-6-16/h2-6,13-14H,7-12H2,1H3,(H3,21,22,23,24,25,26). The summed E-state index contributed by atoms with van der Waals surface area (Å²) in [6, 6.07) is 13.8. The van der Waals surface area contributed by atoms with Gasteiger partial charge in [-0.15, -0.1) is 0 Å². The summed E-state index contributed by atoms with van der Waals surface area (Å²) >= 11 is 0. The largest absolute Gasteiger partial charge is 0.379 e. The van der Waals surface area contributed by atoms with Gasteiger partial charge < -0.3 is 15.4 Å². The predicted molar refractivity (Wildman–Crippen MR) is 110 cm³/mol. The van der Waals surface area contributed by atoms with Crippen molar-refractivity contribution in [2.45, 2.75) is 6.92 Å². The molecule has 1 aliphatic heterocycles. The maximum Gasteiger partial charge on any atom is 0.163 e. The van der Waals surface area contributed by atoms with Crippen LogP contribution in [0.15, 0.2) is 42.5 Å². The van der Waals surface area contributed by atoms with Crippen molar-refractivity contribution < 1.29 is 4.74 Å². The first-order valence-electron chi connectivity index (χ1n) is 9.54. The molecule has 0 radical (unpaired) electrons. The molecule has 3 heterocycles. The minimum absolute atomic E-state index is 0.673. The number of ether oxygens (including phenoxy) is 1. The summed E-state index contributed by atoms with van der Waals surface area (Å²) in [5, 5.41) is 13.9. The van der Waals surface area contributed by atoms with Crippen LogP contribution in [0.1, 0.15) is 5.69 Å². The van der Waals surface area contributed by atoms with Gasteiger partial charge in [-0.2, -0.15) is 5.10 Å². The molecule has 0 spiro atoms. The van der Waals surface area contributed by atoms with Crippen molar-refractivity contribution in [3.8, 4) is 11.4 Å². The van der Waals surface area contributed by atoms with Gasteiger partial charge in [0.05, 0.1) is 13.2 Å². The van der Waals surface area contributed by atoms with Crippen molar-refractivity contribution >= 4 is 17.5 Å². The molecule has 146 valence electrons. The Labute approximate surface area is 164 Å². The van der Waals surface area contributed by atoms with E-state index in [2.05, 4.69) is 30.7 Å². The molecule has 0 saturated carbocycles. The van der Waals surface area contributed by atoms with Crippen molar-refractivity contribution in [2.75, 3.05) is 50.0 Å². The van der Waals surface area contributed by atoms with Gasteiger partial charge >= 0.3 is 0 Å². The van der Waals surface area contributed by atoms with E-state index in [1.807, 2.05) is 49.4 Å². The Kier molecular flexibility index (Phi) is 5.79. The van der Waals surface area contributed by atoms with E-state index in [0.717, 1.165) is 62.3 Å². The third-order valence-electron chi connectivity index (χ3n) is 4.56. The van der Waals surface area contributed by atoms with Crippen molar-refractivity contribution in [1.82, 2.24) is 25.1 Å². The lowest BCUT2D eigenvalue weighted by Gasteiger charge is -2.26. The first-order chi connectivity index (χ1) is 13.8. The van der Waals surface area contributed by atoms with Gasteiger partial charge in [-0.1, -0.05) is 30.3 Å². The molecule has 0 unspecified atom stereocenters. The maximum atomic E-state index is 5.40. The highest BCUT2D eigenvalue weighted by Gasteiger charge is 2.11. The third-order valence-corrected chi connectivity index (χ3v) is 4.56. The Morgan fingerprint density at radius 1 is 1.04 bits per heavy atom. The number of morpholine rings is 1. The van der Waals surface area contributed by atoms with E-state index in [9.17, 15) is 0 Å². The lowest BCUT2D eigenvalue weighted by atomic mass is 10.2. The quantitative estimate of drug-likeness (QED) is 0.581. The molecular formula is C20H25N7O. The normalized spacial score (nSPS) is 14.8. The number of hydrogen-bond donors (Lipinski definition) is 3. The van der Waals surface area contributed by atoms with Crippen molar-refractivity contribution in [1.29, 1.82) is 0 Å². The lowest BCUT2D eigenvalue weighted by molar-refractivity contribution is 0.0398. The minimum atomic E-state index is 0.673. The van der Waals surface area contributed by atoms with Crippen LogP contribution in [0.25, 0.3) is 11.4 Å². The summed E-state index contributed by atoms with van der Waals surface area (Å²) < 4.78 is 5.40. The van der Waals surface area contributed by atoms with E-state index in [4.69, 9.17) is 9.72 Å². The SMILES string of the molecule is Cc1cc(Nc2cc(NCCN3CCOCC3)nc(-c3ccccc3)n2)n[nH]1. The molecule has 1 aromatic carbocycles. The fourth-order valence-corrected chi connectivity index (χ4v) is 3.10. The van der Waals surface area contributed by atoms with Crippen molar-refractivity contribution in [3.63, 3.8) is 0 Å². The van der Waals surface area contributed by atoms with E-state index < -0.39 is 0 Å². The van der Waals surface area contributed by atoms with Crippen molar-refractivity contribution in [3.05, 3.63) is 48.2 Å². The van der Waals surface area contributed by atoms with Crippen LogP contribution in [0.3, 0.4) is 0 Å². The molecule has 0 amide bonds. The monoisotopic (exact) mass is 379 g/mol. The Hall–Kier alpha value is -2.97. The molecule has 1 saturated heterocycles. The van der Waals surface area contributed by atoms with E-state index in [-0.39, 0.29) is 0 Å². The minimum Gasteiger partial charge on any atom is -0.379 e. The molecule has 4 rings (SSSR count). The Bertz CT molecular complexity index is 891. The average Bonchev–Trinajstić information content (AvgIpc) is 3.14. The lowest BCUT2D eigenvalue weighted by Crippen LogP contribution is -2.39. The van der Waals surface area contributed by atoms with Crippen LogP contribution >= 0.6 is 0 Å². The molecule has 2 aromatic heterocycles. The molecule has 0 bridgehead atoms. The molecule has 3 aromatic rings. The van der Waals surface area contributed by atoms with Gasteiger partial charge in [-0.3, -0.25) is 10.00 Å². The van der Waals surface area contributed by atoms with Gasteiger partial charge in [0.2, 0.25) is 0 Å². The molecule has 28 heavy (non-hydrogen) atoms. The second-order valence-corrected chi connectivity index (χ2v) is 6.77. The molecule has 8 heteroatoms. The van der Waals surface area contributed by atoms with Gasteiger partial charge in [0.15, 0.2) is 11.6 Å². The van der Waals surface area contributed by atoms with Crippen LogP contribution in [0.5, 0.6) is 0 Å². The number of aromatic nitrogens is 4. The van der Waals surface area contributed by atoms with E-state index in [1.165, 1.54) is 0 Å². The van der Waals surface area contributed by atoms with Crippen LogP contribution in [-0.2, 0) is 4.74 Å². The number of anilines is 3. The highest BCUT2D eigenvalue weighted by molar-refractivity contribution is 5.63. The summed E-state index contributed by atoms with van der Waals surface area (Å²) in [5.41, 5.74) is 1.96. The van der Waals surface area contributed by atoms with Crippen molar-refractivity contribution in [2.24, 2.45) is 0 Å². The second kappa shape index (κ2) is 8.81. The summed E-state index contributed by atoms with van der Waals surface area (Å²) in [5.74, 6) is 2.90. The molecule has 0 atom stereocenters. The molecule has 1 aliphatic rings. The fraction of sp³-hybridized carbons (Fsp3) is 0.350. The second-order valence-electron chi connectivity index (χ2n) is 6.77. The number of aromatic amines is 1. The van der Waals surface area contributed by atoms with Gasteiger partial charge in [-0.25, -0.2) is 9.97 Å². The highest BCUT2D eigenvalue weighted by Crippen LogP contribution is 2.22. The summed E-state index contributed by atoms with van der Waals surface area (Å²) in [6.07, 6.45) is 0. The Morgan fingerprint density at radius 3 is 2.57 bits per heavy atom. The maximum absolute atomic E-state index is 5.40. The number of benzene rings is 1. The topological polar surface area (TPSA) is 91.0 Å². The third kappa shape index (κ3) is 4.85. The Balaban J connectivity index is 1.51. The number of rotatable bonds is 7. The average molecular weight is 379 g/mol. The van der Waals surface area contributed by atoms with E-state index in [1.54, 1.807) is 0 Å². The zero-order chi connectivity index (χ0) is 19.2. The van der Waals surface area contributed by atoms with E-state index >= 15 is 0 Å². The molecule has 8 nitrogen and oxygen atoms in total. The summed E-state index contributed by atoms with van der Waals surface area (Å²) in [7, 11) is 0. The van der Waals surface area contributed by atoms with Crippen LogP contribution < -0.4 is 10.6 Å². The van der Waals surface area contributed by atoms with Gasteiger partial charge in [0.1, 0.15) is 11.6 Å². The van der Waals surface area contributed by atoms with E-state index in [0.29, 0.717) is 11.6 Å². The zero-order valence-corrected chi connectivity index (χ0v) is 16.0. The molecule has 0 aliphatic carbocycles. The molecule has 3 N–H and O–H groups in total. The number of aryl methyl sites for hydroxylation is 1. The van der Waals surface area contributed by atoms with Gasteiger partial charge in [0, 0.05) is 49.6 Å². The predicted octanol–water partition coefficient (Wildman–Crippen LogP) is 2.66. The van der Waals surface area contributed by atoms with Crippen LogP contribution in [-0.4, -0.2) is 64.5 Å².